The number of aryl methyl sites for hydroxylation is 1. The molecule has 2 atom stereocenters. The largest absolute Gasteiger partial charge is 0.508 e. The highest BCUT2D eigenvalue weighted by atomic mass is 16.3. The standard InChI is InChI=1S/C15H23NO3/c1-3-11(2)14(18)10-16-15(19)9-8-12-6-4-5-7-13(12)17/h4-7,11,14,17-18H,3,8-10H2,1-2H3,(H,16,19). The predicted octanol–water partition coefficient (Wildman–Crippen LogP) is 1.85. The van der Waals surface area contributed by atoms with E-state index in [1.165, 1.54) is 0 Å². The Morgan fingerprint density at radius 3 is 2.68 bits per heavy atom. The van der Waals surface area contributed by atoms with Crippen molar-refractivity contribution in [1.29, 1.82) is 0 Å². The Morgan fingerprint density at radius 1 is 1.37 bits per heavy atom. The summed E-state index contributed by atoms with van der Waals surface area (Å²) in [6, 6.07) is 7.00. The van der Waals surface area contributed by atoms with E-state index in [-0.39, 0.29) is 24.1 Å². The van der Waals surface area contributed by atoms with Crippen molar-refractivity contribution in [3.63, 3.8) is 0 Å². The lowest BCUT2D eigenvalue weighted by Crippen LogP contribution is -2.35. The first kappa shape index (κ1) is 15.5. The molecule has 0 fully saturated rings. The van der Waals surface area contributed by atoms with E-state index in [1.807, 2.05) is 19.9 Å². The third-order valence-electron chi connectivity index (χ3n) is 3.42. The SMILES string of the molecule is CCC(C)C(O)CNC(=O)CCc1ccccc1O. The molecular weight excluding hydrogens is 242 g/mol. The molecule has 4 nitrogen and oxygen atoms in total. The molecule has 106 valence electrons. The molecule has 4 heteroatoms. The van der Waals surface area contributed by atoms with Gasteiger partial charge in [-0.2, -0.15) is 0 Å². The van der Waals surface area contributed by atoms with Crippen molar-refractivity contribution in [3.8, 4) is 5.75 Å². The van der Waals surface area contributed by atoms with Gasteiger partial charge in [-0.1, -0.05) is 38.5 Å². The molecule has 2 unspecified atom stereocenters. The Kier molecular flexibility index (Phi) is 6.36. The number of phenolic OH excluding ortho intramolecular Hbond substituents is 1. The number of carbonyl (C=O) groups is 1. The van der Waals surface area contributed by atoms with Crippen molar-refractivity contribution in [3.05, 3.63) is 29.8 Å². The molecule has 0 aliphatic rings. The van der Waals surface area contributed by atoms with Gasteiger partial charge < -0.3 is 15.5 Å². The smallest absolute Gasteiger partial charge is 0.220 e. The van der Waals surface area contributed by atoms with Gasteiger partial charge in [-0.25, -0.2) is 0 Å². The number of rotatable bonds is 7. The number of phenols is 1. The van der Waals surface area contributed by atoms with Gasteiger partial charge in [0.25, 0.3) is 0 Å². The topological polar surface area (TPSA) is 69.6 Å². The molecule has 1 aromatic carbocycles. The first-order valence-corrected chi connectivity index (χ1v) is 6.76. The summed E-state index contributed by atoms with van der Waals surface area (Å²) in [5.41, 5.74) is 0.764. The van der Waals surface area contributed by atoms with Crippen LogP contribution in [0.15, 0.2) is 24.3 Å². The number of benzene rings is 1. The van der Waals surface area contributed by atoms with Gasteiger partial charge in [0, 0.05) is 13.0 Å². The maximum absolute atomic E-state index is 11.6. The highest BCUT2D eigenvalue weighted by molar-refractivity contribution is 5.76. The average Bonchev–Trinajstić information content (AvgIpc) is 2.42. The van der Waals surface area contributed by atoms with Gasteiger partial charge in [-0.15, -0.1) is 0 Å². The van der Waals surface area contributed by atoms with E-state index in [1.54, 1.807) is 18.2 Å². The van der Waals surface area contributed by atoms with Crippen LogP contribution in [0.4, 0.5) is 0 Å². The number of aromatic hydroxyl groups is 1. The van der Waals surface area contributed by atoms with Crippen molar-refractivity contribution >= 4 is 5.91 Å². The van der Waals surface area contributed by atoms with E-state index in [2.05, 4.69) is 5.32 Å². The molecule has 1 rings (SSSR count). The molecule has 0 aliphatic carbocycles. The van der Waals surface area contributed by atoms with Crippen molar-refractivity contribution < 1.29 is 15.0 Å². The van der Waals surface area contributed by atoms with E-state index in [0.29, 0.717) is 12.8 Å². The zero-order valence-corrected chi connectivity index (χ0v) is 11.6. The molecule has 1 amide bonds. The number of carbonyl (C=O) groups excluding carboxylic acids is 1. The normalized spacial score (nSPS) is 13.8. The van der Waals surface area contributed by atoms with Crippen LogP contribution in [-0.4, -0.2) is 28.8 Å². The van der Waals surface area contributed by atoms with Gasteiger partial charge in [0.2, 0.25) is 5.91 Å². The Balaban J connectivity index is 2.31. The summed E-state index contributed by atoms with van der Waals surface area (Å²) in [6.07, 6.45) is 1.19. The Morgan fingerprint density at radius 2 is 2.05 bits per heavy atom. The molecular formula is C15H23NO3. The molecule has 0 heterocycles. The van der Waals surface area contributed by atoms with Crippen molar-refractivity contribution in [2.24, 2.45) is 5.92 Å². The minimum atomic E-state index is -0.501. The van der Waals surface area contributed by atoms with Gasteiger partial charge >= 0.3 is 0 Å². The molecule has 1 aromatic rings. The highest BCUT2D eigenvalue weighted by Gasteiger charge is 2.13. The van der Waals surface area contributed by atoms with Crippen LogP contribution in [0.1, 0.15) is 32.3 Å². The van der Waals surface area contributed by atoms with Gasteiger partial charge in [-0.3, -0.25) is 4.79 Å². The van der Waals surface area contributed by atoms with Crippen LogP contribution in [0, 0.1) is 5.92 Å². The summed E-state index contributed by atoms with van der Waals surface area (Å²) in [6.45, 7) is 4.25. The molecule has 0 aromatic heterocycles. The van der Waals surface area contributed by atoms with Crippen LogP contribution in [0.3, 0.4) is 0 Å². The van der Waals surface area contributed by atoms with E-state index in [9.17, 15) is 15.0 Å². The van der Waals surface area contributed by atoms with Crippen LogP contribution in [0.2, 0.25) is 0 Å². The minimum absolute atomic E-state index is 0.106. The first-order chi connectivity index (χ1) is 9.04. The van der Waals surface area contributed by atoms with Crippen molar-refractivity contribution in [2.45, 2.75) is 39.2 Å². The molecule has 0 saturated carbocycles. The third kappa shape index (κ3) is 5.30. The van der Waals surface area contributed by atoms with E-state index < -0.39 is 6.10 Å². The summed E-state index contributed by atoms with van der Waals surface area (Å²) in [5, 5.41) is 22.0. The van der Waals surface area contributed by atoms with Gasteiger partial charge in [0.05, 0.1) is 6.10 Å². The van der Waals surface area contributed by atoms with E-state index >= 15 is 0 Å². The fraction of sp³-hybridized carbons (Fsp3) is 0.533. The third-order valence-corrected chi connectivity index (χ3v) is 3.42. The lowest BCUT2D eigenvalue weighted by atomic mass is 10.0. The Bertz CT molecular complexity index is 406. The number of nitrogens with one attached hydrogen (secondary N) is 1. The second kappa shape index (κ2) is 7.79. The highest BCUT2D eigenvalue weighted by Crippen LogP contribution is 2.17. The molecule has 3 N–H and O–H groups in total. The molecule has 0 spiro atoms. The van der Waals surface area contributed by atoms with Crippen molar-refractivity contribution in [2.75, 3.05) is 6.54 Å². The quantitative estimate of drug-likeness (QED) is 0.704. The van der Waals surface area contributed by atoms with Crippen LogP contribution in [-0.2, 0) is 11.2 Å². The minimum Gasteiger partial charge on any atom is -0.508 e. The Labute approximate surface area is 114 Å². The molecule has 0 saturated heterocycles. The summed E-state index contributed by atoms with van der Waals surface area (Å²) in [4.78, 5) is 11.6. The lowest BCUT2D eigenvalue weighted by molar-refractivity contribution is -0.121. The number of para-hydroxylation sites is 1. The maximum atomic E-state index is 11.6. The van der Waals surface area contributed by atoms with Crippen LogP contribution < -0.4 is 5.32 Å². The number of hydrogen-bond acceptors (Lipinski definition) is 3. The van der Waals surface area contributed by atoms with E-state index in [0.717, 1.165) is 12.0 Å². The summed E-state index contributed by atoms with van der Waals surface area (Å²) < 4.78 is 0. The second-order valence-corrected chi connectivity index (χ2v) is 4.89. The predicted molar refractivity (Wildman–Crippen MR) is 74.9 cm³/mol. The van der Waals surface area contributed by atoms with Crippen LogP contribution >= 0.6 is 0 Å². The van der Waals surface area contributed by atoms with Gasteiger partial charge in [-0.05, 0) is 24.0 Å². The summed E-state index contributed by atoms with van der Waals surface area (Å²) in [5.74, 6) is 0.291. The maximum Gasteiger partial charge on any atom is 0.220 e. The molecule has 0 aliphatic heterocycles. The van der Waals surface area contributed by atoms with Crippen molar-refractivity contribution in [1.82, 2.24) is 5.32 Å². The number of aliphatic hydroxyl groups is 1. The fourth-order valence-corrected chi connectivity index (χ4v) is 1.75. The van der Waals surface area contributed by atoms with Crippen LogP contribution in [0.25, 0.3) is 0 Å². The van der Waals surface area contributed by atoms with Gasteiger partial charge in [0.1, 0.15) is 5.75 Å². The summed E-state index contributed by atoms with van der Waals surface area (Å²) >= 11 is 0. The monoisotopic (exact) mass is 265 g/mol. The molecule has 0 bridgehead atoms. The van der Waals surface area contributed by atoms with E-state index in [4.69, 9.17) is 0 Å². The number of aliphatic hydroxyl groups excluding tert-OH is 1. The molecule has 19 heavy (non-hydrogen) atoms. The van der Waals surface area contributed by atoms with Crippen LogP contribution in [0.5, 0.6) is 5.75 Å². The van der Waals surface area contributed by atoms with Gasteiger partial charge in [0.15, 0.2) is 0 Å². The fourth-order valence-electron chi connectivity index (χ4n) is 1.75. The number of hydrogen-bond donors (Lipinski definition) is 3. The molecule has 0 radical (unpaired) electrons. The average molecular weight is 265 g/mol. The zero-order valence-electron chi connectivity index (χ0n) is 11.6. The number of amides is 1. The first-order valence-electron chi connectivity index (χ1n) is 6.76. The zero-order chi connectivity index (χ0) is 14.3. The second-order valence-electron chi connectivity index (χ2n) is 4.89. The summed E-state index contributed by atoms with van der Waals surface area (Å²) in [7, 11) is 0. The lowest BCUT2D eigenvalue weighted by Gasteiger charge is -2.17. The Hall–Kier alpha value is -1.55.